The van der Waals surface area contributed by atoms with Crippen molar-refractivity contribution in [3.8, 4) is 0 Å². The van der Waals surface area contributed by atoms with Crippen molar-refractivity contribution in [1.82, 2.24) is 0 Å². The van der Waals surface area contributed by atoms with Crippen molar-refractivity contribution < 1.29 is 36.9 Å². The van der Waals surface area contributed by atoms with Crippen molar-refractivity contribution in [2.24, 2.45) is 0 Å². The fourth-order valence-electron chi connectivity index (χ4n) is 0.186. The van der Waals surface area contributed by atoms with E-state index in [0.717, 1.165) is 0 Å². The Morgan fingerprint density at radius 3 is 2.08 bits per heavy atom. The molecule has 4 nitrogen and oxygen atoms in total. The molecule has 0 aliphatic rings. The molecule has 0 aromatic rings. The fourth-order valence-corrected chi connectivity index (χ4v) is 0.186. The van der Waals surface area contributed by atoms with Gasteiger partial charge in [0.05, 0.1) is 0 Å². The zero-order valence-corrected chi connectivity index (χ0v) is 5.35. The molecule has 0 aromatic carbocycles. The molecule has 0 saturated carbocycles. The van der Waals surface area contributed by atoms with Gasteiger partial charge in [-0.15, -0.1) is 4.39 Å². The highest BCUT2D eigenvalue weighted by molar-refractivity contribution is 5.77. The Bertz CT molecular complexity index is 191. The first kappa shape index (κ1) is 10.7. The van der Waals surface area contributed by atoms with Gasteiger partial charge in [0.1, 0.15) is 0 Å². The summed E-state index contributed by atoms with van der Waals surface area (Å²) >= 11 is 0. The Morgan fingerprint density at radius 1 is 1.25 bits per heavy atom. The first-order valence-electron chi connectivity index (χ1n) is 2.42. The maximum absolute atomic E-state index is 11.8. The van der Waals surface area contributed by atoms with Crippen LogP contribution < -0.4 is 0 Å². The lowest BCUT2D eigenvalue weighted by Gasteiger charge is -2.07. The lowest BCUT2D eigenvalue weighted by Crippen LogP contribution is -2.33. The average Bonchev–Trinajstić information content (AvgIpc) is 2.00. The summed E-state index contributed by atoms with van der Waals surface area (Å²) in [4.78, 5) is 24.9. The maximum Gasteiger partial charge on any atom is 0.536 e. The van der Waals surface area contributed by atoms with Crippen LogP contribution in [-0.4, -0.2) is 24.8 Å². The minimum Gasteiger partial charge on any atom is -0.244 e. The summed E-state index contributed by atoms with van der Waals surface area (Å²) in [5.41, 5.74) is 0. The zero-order chi connectivity index (χ0) is 9.78. The van der Waals surface area contributed by atoms with Crippen LogP contribution in [0.4, 0.5) is 22.4 Å². The van der Waals surface area contributed by atoms with Gasteiger partial charge in [-0.3, -0.25) is 0 Å². The van der Waals surface area contributed by atoms with E-state index in [0.29, 0.717) is 0 Å². The normalized spacial score (nSPS) is 10.7. The highest BCUT2D eigenvalue weighted by Crippen LogP contribution is 2.15. The number of carbonyl (C=O) groups excluding carboxylic acids is 2. The number of rotatable bonds is 2. The summed E-state index contributed by atoms with van der Waals surface area (Å²) in [5, 5.41) is 0. The van der Waals surface area contributed by atoms with Crippen molar-refractivity contribution in [3.63, 3.8) is 0 Å². The van der Waals surface area contributed by atoms with Crippen LogP contribution in [0.5, 0.6) is 0 Å². The molecule has 0 aliphatic heterocycles. The molecule has 0 spiro atoms. The molecule has 0 rings (SSSR count). The predicted octanol–water partition coefficient (Wildman–Crippen LogP) is 1.16. The number of alkyl halides is 3. The Hall–Kier alpha value is -1.34. The molecule has 0 radical (unpaired) electrons. The molecule has 12 heavy (non-hydrogen) atoms. The van der Waals surface area contributed by atoms with E-state index in [4.69, 9.17) is 0 Å². The molecule has 0 atom stereocenters. The summed E-state index contributed by atoms with van der Waals surface area (Å²) < 4.78 is 46.0. The van der Waals surface area contributed by atoms with Crippen molar-refractivity contribution in [2.75, 3.05) is 6.67 Å². The lowest BCUT2D eigenvalue weighted by atomic mass is 10.4. The van der Waals surface area contributed by atoms with E-state index in [-0.39, 0.29) is 0 Å². The summed E-state index contributed by atoms with van der Waals surface area (Å²) in [7, 11) is 0. The van der Waals surface area contributed by atoms with Crippen LogP contribution >= 0.6 is 0 Å². The summed E-state index contributed by atoms with van der Waals surface area (Å²) in [5.74, 6) is -6.91. The molecule has 70 valence electrons. The predicted molar refractivity (Wildman–Crippen MR) is 24.6 cm³/mol. The molecule has 0 aromatic heterocycles. The first-order chi connectivity index (χ1) is 5.40. The lowest BCUT2D eigenvalue weighted by molar-refractivity contribution is -0.258. The Labute approximate surface area is 63.0 Å². The summed E-state index contributed by atoms with van der Waals surface area (Å²) in [6.07, 6.45) is -2.59. The van der Waals surface area contributed by atoms with E-state index in [2.05, 4.69) is 9.78 Å². The van der Waals surface area contributed by atoms with Crippen LogP contribution in [0.2, 0.25) is 0 Å². The largest absolute Gasteiger partial charge is 0.536 e. The summed E-state index contributed by atoms with van der Waals surface area (Å²) in [6.45, 7) is -2.32. The molecule has 0 amide bonds. The fraction of sp³-hybridized carbons (Fsp3) is 0.500. The SMILES string of the molecule is O=C(F)OOC(=O)C(F)(F)CF. The molecule has 0 fully saturated rings. The monoisotopic (exact) mass is 190 g/mol. The first-order valence-corrected chi connectivity index (χ1v) is 2.42. The van der Waals surface area contributed by atoms with Gasteiger partial charge in [0.25, 0.3) is 0 Å². The van der Waals surface area contributed by atoms with Crippen LogP contribution in [-0.2, 0) is 14.6 Å². The van der Waals surface area contributed by atoms with E-state index in [1.807, 2.05) is 0 Å². The van der Waals surface area contributed by atoms with Gasteiger partial charge >= 0.3 is 18.1 Å². The Kier molecular flexibility index (Phi) is 3.45. The van der Waals surface area contributed by atoms with Gasteiger partial charge in [-0.25, -0.2) is 23.8 Å². The summed E-state index contributed by atoms with van der Waals surface area (Å²) in [6, 6.07) is 0. The van der Waals surface area contributed by atoms with Gasteiger partial charge in [0.2, 0.25) is 0 Å². The number of hydrogen-bond donors (Lipinski definition) is 0. The number of carbonyl (C=O) groups is 2. The minimum absolute atomic E-state index is 2.32. The highest BCUT2D eigenvalue weighted by atomic mass is 19.3. The van der Waals surface area contributed by atoms with Gasteiger partial charge in [0, 0.05) is 0 Å². The van der Waals surface area contributed by atoms with Gasteiger partial charge in [-0.2, -0.15) is 8.78 Å². The average molecular weight is 190 g/mol. The maximum atomic E-state index is 11.8. The molecule has 0 aliphatic carbocycles. The minimum atomic E-state index is -4.44. The van der Waals surface area contributed by atoms with Gasteiger partial charge in [-0.1, -0.05) is 0 Å². The van der Waals surface area contributed by atoms with Gasteiger partial charge < -0.3 is 0 Å². The molecule has 0 heterocycles. The Balaban J connectivity index is 3.96. The van der Waals surface area contributed by atoms with Crippen LogP contribution in [0.15, 0.2) is 0 Å². The van der Waals surface area contributed by atoms with Gasteiger partial charge in [-0.05, 0) is 0 Å². The third kappa shape index (κ3) is 3.17. The van der Waals surface area contributed by atoms with E-state index < -0.39 is 24.8 Å². The smallest absolute Gasteiger partial charge is 0.244 e. The van der Waals surface area contributed by atoms with E-state index >= 15 is 0 Å². The van der Waals surface area contributed by atoms with Crippen LogP contribution in [0, 0.1) is 0 Å². The zero-order valence-electron chi connectivity index (χ0n) is 5.35. The second kappa shape index (κ2) is 3.88. The van der Waals surface area contributed by atoms with E-state index in [1.165, 1.54) is 0 Å². The Morgan fingerprint density at radius 2 is 1.75 bits per heavy atom. The van der Waals surface area contributed by atoms with E-state index in [9.17, 15) is 27.2 Å². The van der Waals surface area contributed by atoms with Crippen molar-refractivity contribution >= 4 is 12.2 Å². The second-order valence-electron chi connectivity index (χ2n) is 1.53. The van der Waals surface area contributed by atoms with Crippen molar-refractivity contribution in [2.45, 2.75) is 5.92 Å². The molecular formula is C4H2F4O4. The van der Waals surface area contributed by atoms with Crippen molar-refractivity contribution in [3.05, 3.63) is 0 Å². The quantitative estimate of drug-likeness (QED) is 0.283. The van der Waals surface area contributed by atoms with Crippen molar-refractivity contribution in [1.29, 1.82) is 0 Å². The van der Waals surface area contributed by atoms with Gasteiger partial charge in [0.15, 0.2) is 6.67 Å². The van der Waals surface area contributed by atoms with E-state index in [1.54, 1.807) is 0 Å². The molecule has 0 N–H and O–H groups in total. The second-order valence-corrected chi connectivity index (χ2v) is 1.53. The molecule has 8 heteroatoms. The number of halogens is 4. The third-order valence-corrected chi connectivity index (χ3v) is 0.649. The molecule has 0 saturated heterocycles. The third-order valence-electron chi connectivity index (χ3n) is 0.649. The number of hydrogen-bond acceptors (Lipinski definition) is 4. The highest BCUT2D eigenvalue weighted by Gasteiger charge is 2.43. The molecule has 0 unspecified atom stereocenters. The standard InChI is InChI=1S/C4H2F4O4/c5-1-4(7,8)2(9)11-12-3(6)10/h1H2. The molecule has 0 bridgehead atoms. The van der Waals surface area contributed by atoms with Crippen LogP contribution in [0.3, 0.4) is 0 Å². The van der Waals surface area contributed by atoms with Crippen LogP contribution in [0.1, 0.15) is 0 Å². The molecular weight excluding hydrogens is 188 g/mol. The topological polar surface area (TPSA) is 52.6 Å². The van der Waals surface area contributed by atoms with Crippen LogP contribution in [0.25, 0.3) is 0 Å².